The number of thiocarbonyl (C=S) groups is 1. The Morgan fingerprint density at radius 1 is 1.00 bits per heavy atom. The number of hydrogen-bond acceptors (Lipinski definition) is 5. The van der Waals surface area contributed by atoms with Gasteiger partial charge in [0, 0.05) is 18.8 Å². The summed E-state index contributed by atoms with van der Waals surface area (Å²) < 4.78 is 6.24. The molecule has 1 aliphatic heterocycles. The van der Waals surface area contributed by atoms with E-state index in [1.54, 1.807) is 30.5 Å². The monoisotopic (exact) mass is 456 g/mol. The van der Waals surface area contributed by atoms with E-state index in [-0.39, 0.29) is 17.8 Å². The second-order valence-electron chi connectivity index (χ2n) is 7.72. The molecule has 33 heavy (non-hydrogen) atoms. The van der Waals surface area contributed by atoms with E-state index in [4.69, 9.17) is 16.6 Å². The van der Waals surface area contributed by atoms with Crippen molar-refractivity contribution in [2.75, 3.05) is 0 Å². The molecule has 1 N–H and O–H groups in total. The standard InChI is InChI=1S/C25H20N4O3S/c30-29(31)20-12-5-4-10-18(20)21-13-14-22(32-21)24-23(19-11-6-7-15-26-19)27-25(33)28(24)16-17-8-2-1-3-9-17/h1-15,23-24H,16H2,(H,27,33). The Morgan fingerprint density at radius 3 is 2.52 bits per heavy atom. The third-order valence-electron chi connectivity index (χ3n) is 5.68. The molecule has 1 fully saturated rings. The fraction of sp³-hybridized carbons (Fsp3) is 0.120. The highest BCUT2D eigenvalue weighted by Gasteiger charge is 2.41. The number of pyridine rings is 1. The van der Waals surface area contributed by atoms with Gasteiger partial charge in [-0.05, 0) is 48.1 Å². The summed E-state index contributed by atoms with van der Waals surface area (Å²) in [5.74, 6) is 1.09. The molecule has 0 amide bonds. The molecule has 2 aromatic heterocycles. The molecule has 5 rings (SSSR count). The van der Waals surface area contributed by atoms with Crippen LogP contribution in [-0.4, -0.2) is 19.9 Å². The second-order valence-corrected chi connectivity index (χ2v) is 8.10. The normalized spacial score (nSPS) is 17.7. The van der Waals surface area contributed by atoms with E-state index < -0.39 is 4.92 Å². The summed E-state index contributed by atoms with van der Waals surface area (Å²) >= 11 is 5.71. The summed E-state index contributed by atoms with van der Waals surface area (Å²) in [6.07, 6.45) is 1.75. The summed E-state index contributed by atoms with van der Waals surface area (Å²) in [5, 5.41) is 15.5. The quantitative estimate of drug-likeness (QED) is 0.235. The minimum Gasteiger partial charge on any atom is -0.459 e. The number of rotatable bonds is 6. The zero-order valence-electron chi connectivity index (χ0n) is 17.5. The molecule has 2 unspecified atom stereocenters. The molecule has 1 aliphatic rings. The highest BCUT2D eigenvalue weighted by atomic mass is 32.1. The largest absolute Gasteiger partial charge is 0.459 e. The first-order valence-electron chi connectivity index (χ1n) is 10.5. The number of nitrogens with zero attached hydrogens (tertiary/aromatic N) is 3. The average molecular weight is 457 g/mol. The Hall–Kier alpha value is -4.04. The molecule has 164 valence electrons. The second kappa shape index (κ2) is 8.84. The lowest BCUT2D eigenvalue weighted by molar-refractivity contribution is -0.384. The molecule has 3 heterocycles. The van der Waals surface area contributed by atoms with Gasteiger partial charge in [-0.15, -0.1) is 0 Å². The summed E-state index contributed by atoms with van der Waals surface area (Å²) in [5.41, 5.74) is 2.38. The molecule has 1 saturated heterocycles. The molecule has 0 radical (unpaired) electrons. The van der Waals surface area contributed by atoms with Gasteiger partial charge >= 0.3 is 0 Å². The highest BCUT2D eigenvalue weighted by Crippen LogP contribution is 2.42. The minimum atomic E-state index is -0.401. The number of para-hydroxylation sites is 1. The Balaban J connectivity index is 1.56. The molecule has 2 aromatic carbocycles. The highest BCUT2D eigenvalue weighted by molar-refractivity contribution is 7.80. The third kappa shape index (κ3) is 4.08. The smallest absolute Gasteiger partial charge is 0.280 e. The van der Waals surface area contributed by atoms with Crippen LogP contribution >= 0.6 is 12.2 Å². The Bertz CT molecular complexity index is 1290. The van der Waals surface area contributed by atoms with Crippen LogP contribution in [0.2, 0.25) is 0 Å². The first-order valence-corrected chi connectivity index (χ1v) is 10.9. The Kier molecular flexibility index (Phi) is 5.58. The van der Waals surface area contributed by atoms with Crippen molar-refractivity contribution in [2.24, 2.45) is 0 Å². The number of nitro benzene ring substituents is 1. The predicted molar refractivity (Wildman–Crippen MR) is 128 cm³/mol. The van der Waals surface area contributed by atoms with E-state index in [1.807, 2.05) is 42.5 Å². The lowest BCUT2D eigenvalue weighted by atomic mass is 10.0. The minimum absolute atomic E-state index is 0.000820. The fourth-order valence-corrected chi connectivity index (χ4v) is 4.47. The van der Waals surface area contributed by atoms with Crippen LogP contribution in [0.3, 0.4) is 0 Å². The van der Waals surface area contributed by atoms with Crippen molar-refractivity contribution in [3.05, 3.63) is 118 Å². The zero-order valence-corrected chi connectivity index (χ0v) is 18.3. The first kappa shape index (κ1) is 20.8. The van der Waals surface area contributed by atoms with E-state index in [0.29, 0.717) is 28.7 Å². The molecular formula is C25H20N4O3S. The van der Waals surface area contributed by atoms with Crippen LogP contribution in [0.5, 0.6) is 0 Å². The van der Waals surface area contributed by atoms with E-state index in [0.717, 1.165) is 11.3 Å². The van der Waals surface area contributed by atoms with Crippen molar-refractivity contribution in [1.82, 2.24) is 15.2 Å². The van der Waals surface area contributed by atoms with Crippen molar-refractivity contribution in [3.8, 4) is 11.3 Å². The fourth-order valence-electron chi connectivity index (χ4n) is 4.16. The van der Waals surface area contributed by atoms with Crippen LogP contribution in [0.1, 0.15) is 29.1 Å². The van der Waals surface area contributed by atoms with E-state index in [1.165, 1.54) is 6.07 Å². The van der Waals surface area contributed by atoms with Gasteiger partial charge in [0.15, 0.2) is 5.11 Å². The topological polar surface area (TPSA) is 84.4 Å². The van der Waals surface area contributed by atoms with Crippen molar-refractivity contribution >= 4 is 23.0 Å². The van der Waals surface area contributed by atoms with Crippen molar-refractivity contribution < 1.29 is 9.34 Å². The van der Waals surface area contributed by atoms with E-state index >= 15 is 0 Å². The SMILES string of the molecule is O=[N+]([O-])c1ccccc1-c1ccc(C2C(c3ccccn3)NC(=S)N2Cc2ccccc2)o1. The van der Waals surface area contributed by atoms with E-state index in [9.17, 15) is 10.1 Å². The number of benzene rings is 2. The molecular weight excluding hydrogens is 436 g/mol. The summed E-state index contributed by atoms with van der Waals surface area (Å²) in [7, 11) is 0. The zero-order chi connectivity index (χ0) is 22.8. The van der Waals surface area contributed by atoms with Gasteiger partial charge in [-0.1, -0.05) is 48.5 Å². The molecule has 0 saturated carbocycles. The number of furan rings is 1. The van der Waals surface area contributed by atoms with Crippen LogP contribution < -0.4 is 5.32 Å². The summed E-state index contributed by atoms with van der Waals surface area (Å²) in [6.45, 7) is 0.586. The van der Waals surface area contributed by atoms with Crippen molar-refractivity contribution in [2.45, 2.75) is 18.6 Å². The van der Waals surface area contributed by atoms with Crippen LogP contribution in [0.4, 0.5) is 5.69 Å². The van der Waals surface area contributed by atoms with Gasteiger partial charge in [-0.2, -0.15) is 0 Å². The van der Waals surface area contributed by atoms with Gasteiger partial charge in [0.05, 0.1) is 22.2 Å². The van der Waals surface area contributed by atoms with Crippen LogP contribution in [0.25, 0.3) is 11.3 Å². The summed E-state index contributed by atoms with van der Waals surface area (Å²) in [4.78, 5) is 17.7. The number of aromatic nitrogens is 1. The van der Waals surface area contributed by atoms with E-state index in [2.05, 4.69) is 27.3 Å². The van der Waals surface area contributed by atoms with Gasteiger partial charge in [0.25, 0.3) is 5.69 Å². The Morgan fingerprint density at radius 2 is 1.76 bits per heavy atom. The van der Waals surface area contributed by atoms with Crippen LogP contribution in [0.15, 0.2) is 95.5 Å². The van der Waals surface area contributed by atoms with Gasteiger partial charge in [0.1, 0.15) is 17.6 Å². The molecule has 2 atom stereocenters. The third-order valence-corrected chi connectivity index (χ3v) is 6.03. The number of nitrogens with one attached hydrogen (secondary N) is 1. The number of hydrogen-bond donors (Lipinski definition) is 1. The van der Waals surface area contributed by atoms with Crippen molar-refractivity contribution in [3.63, 3.8) is 0 Å². The first-order chi connectivity index (χ1) is 16.1. The predicted octanol–water partition coefficient (Wildman–Crippen LogP) is 5.42. The summed E-state index contributed by atoms with van der Waals surface area (Å²) in [6, 6.07) is 25.5. The molecule has 0 spiro atoms. The number of nitro groups is 1. The molecule has 4 aromatic rings. The van der Waals surface area contributed by atoms with Gasteiger partial charge in [-0.3, -0.25) is 15.1 Å². The Labute approximate surface area is 195 Å². The van der Waals surface area contributed by atoms with Gasteiger partial charge in [0.2, 0.25) is 0 Å². The maximum absolute atomic E-state index is 11.5. The molecule has 0 bridgehead atoms. The van der Waals surface area contributed by atoms with Crippen LogP contribution in [0, 0.1) is 10.1 Å². The molecule has 0 aliphatic carbocycles. The lowest BCUT2D eigenvalue weighted by Gasteiger charge is -2.26. The molecule has 7 nitrogen and oxygen atoms in total. The maximum atomic E-state index is 11.5. The van der Waals surface area contributed by atoms with Gasteiger partial charge < -0.3 is 14.6 Å². The maximum Gasteiger partial charge on any atom is 0.280 e. The molecule has 8 heteroatoms. The lowest BCUT2D eigenvalue weighted by Crippen LogP contribution is -2.29. The average Bonchev–Trinajstić information content (AvgIpc) is 3.45. The van der Waals surface area contributed by atoms with Crippen LogP contribution in [-0.2, 0) is 6.54 Å². The van der Waals surface area contributed by atoms with Gasteiger partial charge in [-0.25, -0.2) is 0 Å². The van der Waals surface area contributed by atoms with Crippen molar-refractivity contribution in [1.29, 1.82) is 0 Å².